The average molecular weight is 270 g/mol. The van der Waals surface area contributed by atoms with Crippen LogP contribution in [-0.2, 0) is 4.79 Å². The van der Waals surface area contributed by atoms with E-state index in [0.717, 1.165) is 16.9 Å². The van der Waals surface area contributed by atoms with Crippen LogP contribution in [0.15, 0.2) is 42.5 Å². The second-order valence-corrected chi connectivity index (χ2v) is 4.69. The predicted molar refractivity (Wildman–Crippen MR) is 73.2 cm³/mol. The van der Waals surface area contributed by atoms with Crippen LogP contribution in [-0.4, -0.2) is 18.2 Å². The third kappa shape index (κ3) is 2.09. The van der Waals surface area contributed by atoms with Gasteiger partial charge in [-0.25, -0.2) is 0 Å². The molecule has 2 aromatic rings. The fourth-order valence-electron chi connectivity index (χ4n) is 2.57. The van der Waals surface area contributed by atoms with E-state index in [1.165, 1.54) is 6.07 Å². The second kappa shape index (κ2) is 4.89. The molecule has 1 atom stereocenters. The molecule has 2 aromatic carbocycles. The van der Waals surface area contributed by atoms with E-state index < -0.39 is 0 Å². The Labute approximate surface area is 116 Å². The minimum Gasteiger partial charge on any atom is -0.508 e. The predicted octanol–water partition coefficient (Wildman–Crippen LogP) is 2.84. The van der Waals surface area contributed by atoms with E-state index in [9.17, 15) is 9.90 Å². The van der Waals surface area contributed by atoms with Gasteiger partial charge in [-0.3, -0.25) is 4.79 Å². The van der Waals surface area contributed by atoms with Crippen LogP contribution in [0.1, 0.15) is 23.5 Å². The zero-order chi connectivity index (χ0) is 14.1. The third-order valence-corrected chi connectivity index (χ3v) is 3.48. The Balaban J connectivity index is 2.13. The van der Waals surface area contributed by atoms with Gasteiger partial charge in [0.25, 0.3) is 0 Å². The van der Waals surface area contributed by atoms with Gasteiger partial charge >= 0.3 is 5.97 Å². The van der Waals surface area contributed by atoms with Gasteiger partial charge in [0, 0.05) is 23.1 Å². The Bertz CT molecular complexity index is 663. The highest BCUT2D eigenvalue weighted by Gasteiger charge is 2.30. The lowest BCUT2D eigenvalue weighted by Gasteiger charge is -2.26. The number of rotatable bonds is 2. The summed E-state index contributed by atoms with van der Waals surface area (Å²) >= 11 is 0. The molecule has 3 rings (SSSR count). The highest BCUT2D eigenvalue weighted by atomic mass is 16.5. The quantitative estimate of drug-likeness (QED) is 0.673. The number of carbonyl (C=O) groups is 1. The van der Waals surface area contributed by atoms with Gasteiger partial charge in [-0.1, -0.05) is 24.3 Å². The van der Waals surface area contributed by atoms with Crippen molar-refractivity contribution in [2.45, 2.75) is 12.3 Å². The Kier molecular flexibility index (Phi) is 3.06. The lowest BCUT2D eigenvalue weighted by molar-refractivity contribution is -0.135. The molecule has 1 aliphatic heterocycles. The van der Waals surface area contributed by atoms with Crippen molar-refractivity contribution >= 4 is 5.97 Å². The number of carbonyl (C=O) groups excluding carboxylic acids is 1. The van der Waals surface area contributed by atoms with Crippen molar-refractivity contribution in [3.8, 4) is 17.2 Å². The SMILES string of the molecule is COc1ccccc1[C@@H]1CC(=O)Oc2cc(O)ccc21. The van der Waals surface area contributed by atoms with Gasteiger partial charge < -0.3 is 14.6 Å². The lowest BCUT2D eigenvalue weighted by atomic mass is 9.86. The minimum absolute atomic E-state index is 0.0808. The molecule has 4 nitrogen and oxygen atoms in total. The molecule has 1 N–H and O–H groups in total. The number of hydrogen-bond donors (Lipinski definition) is 1. The van der Waals surface area contributed by atoms with Crippen LogP contribution in [0.3, 0.4) is 0 Å². The number of methoxy groups -OCH3 is 1. The molecule has 0 saturated heterocycles. The molecule has 20 heavy (non-hydrogen) atoms. The summed E-state index contributed by atoms with van der Waals surface area (Å²) in [4.78, 5) is 11.8. The summed E-state index contributed by atoms with van der Waals surface area (Å²) in [6.07, 6.45) is 0.262. The summed E-state index contributed by atoms with van der Waals surface area (Å²) in [5, 5.41) is 9.52. The van der Waals surface area contributed by atoms with Gasteiger partial charge in [0.15, 0.2) is 0 Å². The smallest absolute Gasteiger partial charge is 0.312 e. The van der Waals surface area contributed by atoms with Crippen molar-refractivity contribution in [1.29, 1.82) is 0 Å². The summed E-state index contributed by atoms with van der Waals surface area (Å²) in [5.74, 6) is 0.808. The fourth-order valence-corrected chi connectivity index (χ4v) is 2.57. The molecular weight excluding hydrogens is 256 g/mol. The highest BCUT2D eigenvalue weighted by Crippen LogP contribution is 2.42. The third-order valence-electron chi connectivity index (χ3n) is 3.48. The number of aromatic hydroxyl groups is 1. The molecule has 4 heteroatoms. The van der Waals surface area contributed by atoms with Gasteiger partial charge in [-0.15, -0.1) is 0 Å². The summed E-state index contributed by atoms with van der Waals surface area (Å²) < 4.78 is 10.6. The zero-order valence-electron chi connectivity index (χ0n) is 11.0. The van der Waals surface area contributed by atoms with E-state index in [2.05, 4.69) is 0 Å². The van der Waals surface area contributed by atoms with Crippen LogP contribution in [0.25, 0.3) is 0 Å². The first-order chi connectivity index (χ1) is 9.69. The van der Waals surface area contributed by atoms with Gasteiger partial charge in [-0.2, -0.15) is 0 Å². The first kappa shape index (κ1) is 12.5. The van der Waals surface area contributed by atoms with Crippen LogP contribution >= 0.6 is 0 Å². The molecule has 0 aliphatic carbocycles. The molecule has 0 unspecified atom stereocenters. The number of phenols is 1. The second-order valence-electron chi connectivity index (χ2n) is 4.69. The Morgan fingerprint density at radius 3 is 2.80 bits per heavy atom. The Hall–Kier alpha value is -2.49. The summed E-state index contributed by atoms with van der Waals surface area (Å²) in [5.41, 5.74) is 1.82. The topological polar surface area (TPSA) is 55.8 Å². The average Bonchev–Trinajstić information content (AvgIpc) is 2.45. The number of para-hydroxylation sites is 1. The van der Waals surface area contributed by atoms with Crippen molar-refractivity contribution in [2.75, 3.05) is 7.11 Å². The van der Waals surface area contributed by atoms with E-state index in [0.29, 0.717) is 5.75 Å². The van der Waals surface area contributed by atoms with Crippen LogP contribution < -0.4 is 9.47 Å². The molecule has 102 valence electrons. The maximum Gasteiger partial charge on any atom is 0.312 e. The lowest BCUT2D eigenvalue weighted by Crippen LogP contribution is -2.21. The van der Waals surface area contributed by atoms with Gasteiger partial charge in [0.2, 0.25) is 0 Å². The highest BCUT2D eigenvalue weighted by molar-refractivity contribution is 5.78. The van der Waals surface area contributed by atoms with Crippen LogP contribution in [0.2, 0.25) is 0 Å². The van der Waals surface area contributed by atoms with Crippen LogP contribution in [0.4, 0.5) is 0 Å². The largest absolute Gasteiger partial charge is 0.508 e. The maximum absolute atomic E-state index is 11.8. The van der Waals surface area contributed by atoms with E-state index in [1.807, 2.05) is 24.3 Å². The van der Waals surface area contributed by atoms with Gasteiger partial charge in [0.1, 0.15) is 17.2 Å². The van der Waals surface area contributed by atoms with E-state index in [-0.39, 0.29) is 24.1 Å². The Morgan fingerprint density at radius 2 is 2.00 bits per heavy atom. The van der Waals surface area contributed by atoms with Crippen molar-refractivity contribution in [3.05, 3.63) is 53.6 Å². The van der Waals surface area contributed by atoms with Gasteiger partial charge in [-0.05, 0) is 12.1 Å². The fraction of sp³-hybridized carbons (Fsp3) is 0.188. The molecule has 0 amide bonds. The monoisotopic (exact) mass is 270 g/mol. The molecular formula is C16H14O4. The molecule has 0 radical (unpaired) electrons. The number of benzene rings is 2. The van der Waals surface area contributed by atoms with E-state index >= 15 is 0 Å². The minimum atomic E-state index is -0.306. The first-order valence-corrected chi connectivity index (χ1v) is 6.35. The normalized spacial score (nSPS) is 17.2. The standard InChI is InChI=1S/C16H14O4/c1-19-14-5-3-2-4-11(14)13-9-16(18)20-15-8-10(17)6-7-12(13)15/h2-8,13,17H,9H2,1H3/t13-/m0/s1. The van der Waals surface area contributed by atoms with Crippen LogP contribution in [0, 0.1) is 0 Å². The number of hydrogen-bond acceptors (Lipinski definition) is 4. The summed E-state index contributed by atoms with van der Waals surface area (Å²) in [6, 6.07) is 12.5. The molecule has 0 bridgehead atoms. The van der Waals surface area contributed by atoms with Crippen molar-refractivity contribution in [1.82, 2.24) is 0 Å². The Morgan fingerprint density at radius 1 is 1.20 bits per heavy atom. The van der Waals surface area contributed by atoms with E-state index in [4.69, 9.17) is 9.47 Å². The zero-order valence-corrected chi connectivity index (χ0v) is 11.0. The molecule has 0 saturated carbocycles. The van der Waals surface area contributed by atoms with Crippen LogP contribution in [0.5, 0.6) is 17.2 Å². The number of fused-ring (bicyclic) bond motifs is 1. The van der Waals surface area contributed by atoms with Gasteiger partial charge in [0.05, 0.1) is 13.5 Å². The summed E-state index contributed by atoms with van der Waals surface area (Å²) in [6.45, 7) is 0. The first-order valence-electron chi connectivity index (χ1n) is 6.35. The molecule has 1 heterocycles. The van der Waals surface area contributed by atoms with Crippen molar-refractivity contribution in [3.63, 3.8) is 0 Å². The molecule has 0 fully saturated rings. The molecule has 0 spiro atoms. The molecule has 1 aliphatic rings. The summed E-state index contributed by atoms with van der Waals surface area (Å²) in [7, 11) is 1.61. The number of ether oxygens (including phenoxy) is 2. The van der Waals surface area contributed by atoms with E-state index in [1.54, 1.807) is 19.2 Å². The number of phenolic OH excluding ortho intramolecular Hbond substituents is 1. The van der Waals surface area contributed by atoms with Crippen molar-refractivity contribution in [2.24, 2.45) is 0 Å². The van der Waals surface area contributed by atoms with Crippen molar-refractivity contribution < 1.29 is 19.4 Å². The molecule has 0 aromatic heterocycles. The number of esters is 1. The maximum atomic E-state index is 11.8.